The van der Waals surface area contributed by atoms with Gasteiger partial charge in [0.25, 0.3) is 5.91 Å². The van der Waals surface area contributed by atoms with Crippen LogP contribution in [0.25, 0.3) is 0 Å². The normalized spacial score (nSPS) is 14.1. The molecule has 1 fully saturated rings. The van der Waals surface area contributed by atoms with Crippen molar-refractivity contribution in [3.05, 3.63) is 29.8 Å². The number of carbonyl (C=O) groups excluding carboxylic acids is 2. The van der Waals surface area contributed by atoms with E-state index in [2.05, 4.69) is 10.6 Å². The van der Waals surface area contributed by atoms with Gasteiger partial charge in [0.15, 0.2) is 0 Å². The average Bonchev–Trinajstić information content (AvgIpc) is 3.10. The smallest absolute Gasteiger partial charge is 0.253 e. The Labute approximate surface area is 99.4 Å². The molecule has 0 bridgehead atoms. The number of benzene rings is 1. The molecule has 0 aliphatic heterocycles. The molecule has 0 radical (unpaired) electrons. The third kappa shape index (κ3) is 3.21. The summed E-state index contributed by atoms with van der Waals surface area (Å²) < 4.78 is 0. The lowest BCUT2D eigenvalue weighted by atomic mass is 10.1. The molecule has 90 valence electrons. The van der Waals surface area contributed by atoms with Crippen LogP contribution in [0.4, 0.5) is 5.69 Å². The lowest BCUT2D eigenvalue weighted by Crippen LogP contribution is -2.38. The fraction of sp³-hybridized carbons (Fsp3) is 0.333. The molecule has 0 heterocycles. The summed E-state index contributed by atoms with van der Waals surface area (Å²) in [6.45, 7) is -0.0103. The summed E-state index contributed by atoms with van der Waals surface area (Å²) in [5.41, 5.74) is 6.46. The van der Waals surface area contributed by atoms with E-state index in [9.17, 15) is 9.59 Å². The molecular weight excluding hydrogens is 218 g/mol. The molecule has 17 heavy (non-hydrogen) atoms. The Morgan fingerprint density at radius 3 is 2.65 bits per heavy atom. The zero-order valence-corrected chi connectivity index (χ0v) is 9.40. The second-order valence-corrected chi connectivity index (χ2v) is 4.11. The summed E-state index contributed by atoms with van der Waals surface area (Å²) in [5, 5.41) is 5.33. The molecule has 5 heteroatoms. The van der Waals surface area contributed by atoms with Crippen LogP contribution in [0.3, 0.4) is 0 Å². The fourth-order valence-electron chi connectivity index (χ4n) is 1.47. The van der Waals surface area contributed by atoms with Crippen LogP contribution in [0.2, 0.25) is 0 Å². The summed E-state index contributed by atoms with van der Waals surface area (Å²) in [6.07, 6.45) is 2.07. The van der Waals surface area contributed by atoms with E-state index in [0.29, 0.717) is 17.3 Å². The summed E-state index contributed by atoms with van der Waals surface area (Å²) in [7, 11) is 0. The summed E-state index contributed by atoms with van der Waals surface area (Å²) in [5.74, 6) is -0.482. The van der Waals surface area contributed by atoms with E-state index in [4.69, 9.17) is 5.73 Å². The second kappa shape index (κ2) is 4.86. The molecule has 1 aromatic carbocycles. The van der Waals surface area contributed by atoms with Crippen LogP contribution in [-0.4, -0.2) is 24.4 Å². The van der Waals surface area contributed by atoms with Gasteiger partial charge in [-0.1, -0.05) is 12.1 Å². The van der Waals surface area contributed by atoms with Crippen molar-refractivity contribution in [2.75, 3.05) is 12.3 Å². The Kier molecular flexibility index (Phi) is 3.27. The van der Waals surface area contributed by atoms with Crippen molar-refractivity contribution in [1.29, 1.82) is 0 Å². The molecule has 0 saturated heterocycles. The van der Waals surface area contributed by atoms with Gasteiger partial charge >= 0.3 is 0 Å². The van der Waals surface area contributed by atoms with Crippen LogP contribution < -0.4 is 16.4 Å². The predicted octanol–water partition coefficient (Wildman–Crippen LogP) is 0.277. The number of nitrogens with two attached hydrogens (primary N) is 1. The maximum absolute atomic E-state index is 11.7. The van der Waals surface area contributed by atoms with Crippen LogP contribution in [0.15, 0.2) is 24.3 Å². The van der Waals surface area contributed by atoms with E-state index >= 15 is 0 Å². The lowest BCUT2D eigenvalue weighted by molar-refractivity contribution is -0.120. The lowest BCUT2D eigenvalue weighted by Gasteiger charge is -2.07. The molecular formula is C12H15N3O2. The first-order valence-corrected chi connectivity index (χ1v) is 5.59. The number of amides is 2. The first kappa shape index (κ1) is 11.4. The van der Waals surface area contributed by atoms with Gasteiger partial charge in [0.1, 0.15) is 0 Å². The zero-order chi connectivity index (χ0) is 12.3. The molecule has 2 amide bonds. The topological polar surface area (TPSA) is 84.2 Å². The highest BCUT2D eigenvalue weighted by Gasteiger charge is 2.23. The Morgan fingerprint density at radius 2 is 2.00 bits per heavy atom. The monoisotopic (exact) mass is 233 g/mol. The van der Waals surface area contributed by atoms with Gasteiger partial charge in [-0.05, 0) is 25.0 Å². The molecule has 4 N–H and O–H groups in total. The largest absolute Gasteiger partial charge is 0.398 e. The molecule has 0 unspecified atom stereocenters. The van der Waals surface area contributed by atoms with E-state index in [1.165, 1.54) is 0 Å². The van der Waals surface area contributed by atoms with Gasteiger partial charge in [0.05, 0.1) is 12.1 Å². The standard InChI is InChI=1S/C12H15N3O2/c13-10-4-2-1-3-9(10)12(17)14-7-11(16)15-8-5-6-8/h1-4,8H,5-7,13H2,(H,14,17)(H,15,16). The molecule has 1 saturated carbocycles. The van der Waals surface area contributed by atoms with Gasteiger partial charge in [-0.25, -0.2) is 0 Å². The number of anilines is 1. The van der Waals surface area contributed by atoms with Crippen LogP contribution in [0.5, 0.6) is 0 Å². The van der Waals surface area contributed by atoms with Gasteiger partial charge in [0, 0.05) is 11.7 Å². The molecule has 5 nitrogen and oxygen atoms in total. The first-order valence-electron chi connectivity index (χ1n) is 5.59. The molecule has 1 aromatic rings. The van der Waals surface area contributed by atoms with Gasteiger partial charge in [-0.3, -0.25) is 9.59 Å². The predicted molar refractivity (Wildman–Crippen MR) is 64.4 cm³/mol. The molecule has 1 aliphatic rings. The van der Waals surface area contributed by atoms with Crippen molar-refractivity contribution < 1.29 is 9.59 Å². The van der Waals surface area contributed by atoms with E-state index in [0.717, 1.165) is 12.8 Å². The fourth-order valence-corrected chi connectivity index (χ4v) is 1.47. The van der Waals surface area contributed by atoms with Gasteiger partial charge in [0.2, 0.25) is 5.91 Å². The number of para-hydroxylation sites is 1. The molecule has 0 spiro atoms. The minimum Gasteiger partial charge on any atom is -0.398 e. The van der Waals surface area contributed by atoms with Gasteiger partial charge in [-0.2, -0.15) is 0 Å². The second-order valence-electron chi connectivity index (χ2n) is 4.11. The average molecular weight is 233 g/mol. The molecule has 0 aromatic heterocycles. The first-order chi connectivity index (χ1) is 8.16. The number of hydrogen-bond acceptors (Lipinski definition) is 3. The maximum Gasteiger partial charge on any atom is 0.253 e. The molecule has 2 rings (SSSR count). The van der Waals surface area contributed by atoms with Crippen molar-refractivity contribution in [2.45, 2.75) is 18.9 Å². The maximum atomic E-state index is 11.7. The van der Waals surface area contributed by atoms with Crippen molar-refractivity contribution >= 4 is 17.5 Å². The number of hydrogen-bond donors (Lipinski definition) is 3. The van der Waals surface area contributed by atoms with E-state index in [1.807, 2.05) is 0 Å². The van der Waals surface area contributed by atoms with E-state index in [-0.39, 0.29) is 18.4 Å². The number of nitrogens with one attached hydrogen (secondary N) is 2. The minimum atomic E-state index is -0.325. The highest BCUT2D eigenvalue weighted by atomic mass is 16.2. The van der Waals surface area contributed by atoms with E-state index in [1.54, 1.807) is 24.3 Å². The third-order valence-corrected chi connectivity index (χ3v) is 2.56. The Hall–Kier alpha value is -2.04. The molecule has 1 aliphatic carbocycles. The SMILES string of the molecule is Nc1ccccc1C(=O)NCC(=O)NC1CC1. The van der Waals surface area contributed by atoms with Crippen molar-refractivity contribution in [3.63, 3.8) is 0 Å². The van der Waals surface area contributed by atoms with E-state index < -0.39 is 0 Å². The Balaban J connectivity index is 1.84. The zero-order valence-electron chi connectivity index (χ0n) is 9.40. The number of carbonyl (C=O) groups is 2. The van der Waals surface area contributed by atoms with Crippen molar-refractivity contribution in [3.8, 4) is 0 Å². The van der Waals surface area contributed by atoms with Crippen LogP contribution >= 0.6 is 0 Å². The van der Waals surface area contributed by atoms with Gasteiger partial charge < -0.3 is 16.4 Å². The number of nitrogen functional groups attached to an aromatic ring is 1. The molecule has 0 atom stereocenters. The van der Waals surface area contributed by atoms with Crippen molar-refractivity contribution in [1.82, 2.24) is 10.6 Å². The quantitative estimate of drug-likeness (QED) is 0.653. The summed E-state index contributed by atoms with van der Waals surface area (Å²) >= 11 is 0. The number of rotatable bonds is 4. The third-order valence-electron chi connectivity index (χ3n) is 2.56. The van der Waals surface area contributed by atoms with Gasteiger partial charge in [-0.15, -0.1) is 0 Å². The highest BCUT2D eigenvalue weighted by molar-refractivity contribution is 6.00. The van der Waals surface area contributed by atoms with Crippen LogP contribution in [0, 0.1) is 0 Å². The summed E-state index contributed by atoms with van der Waals surface area (Å²) in [4.78, 5) is 23.1. The Morgan fingerprint density at radius 1 is 1.29 bits per heavy atom. The van der Waals surface area contributed by atoms with Crippen LogP contribution in [0.1, 0.15) is 23.2 Å². The summed E-state index contributed by atoms with van der Waals surface area (Å²) in [6, 6.07) is 7.07. The Bertz CT molecular complexity index is 441. The minimum absolute atomic E-state index is 0.0103. The van der Waals surface area contributed by atoms with Crippen LogP contribution in [-0.2, 0) is 4.79 Å². The van der Waals surface area contributed by atoms with Crippen molar-refractivity contribution in [2.24, 2.45) is 0 Å². The highest BCUT2D eigenvalue weighted by Crippen LogP contribution is 2.18.